The van der Waals surface area contributed by atoms with Gasteiger partial charge >= 0.3 is 5.97 Å². The lowest BCUT2D eigenvalue weighted by Gasteiger charge is -2.34. The zero-order valence-electron chi connectivity index (χ0n) is 7.76. The lowest BCUT2D eigenvalue weighted by atomic mass is 9.90. The molecule has 7 heteroatoms. The highest BCUT2D eigenvalue weighted by molar-refractivity contribution is 7.90. The zero-order valence-corrected chi connectivity index (χ0v) is 8.58. The SMILES string of the molecule is COC1CC(NS(=O)(=O)CC(=O)O)C1. The van der Waals surface area contributed by atoms with Gasteiger partial charge in [0.2, 0.25) is 10.0 Å². The van der Waals surface area contributed by atoms with E-state index in [1.54, 1.807) is 7.11 Å². The van der Waals surface area contributed by atoms with Crippen LogP contribution in [0.4, 0.5) is 0 Å². The summed E-state index contributed by atoms with van der Waals surface area (Å²) in [6.45, 7) is 0. The molecule has 0 aromatic carbocycles. The van der Waals surface area contributed by atoms with Gasteiger partial charge < -0.3 is 9.84 Å². The maximum absolute atomic E-state index is 11.1. The molecule has 0 aliphatic heterocycles. The van der Waals surface area contributed by atoms with Crippen molar-refractivity contribution in [2.45, 2.75) is 25.0 Å². The van der Waals surface area contributed by atoms with Gasteiger partial charge in [0, 0.05) is 13.2 Å². The van der Waals surface area contributed by atoms with Crippen molar-refractivity contribution in [3.63, 3.8) is 0 Å². The van der Waals surface area contributed by atoms with Crippen molar-refractivity contribution >= 4 is 16.0 Å². The van der Waals surface area contributed by atoms with Crippen molar-refractivity contribution in [1.29, 1.82) is 0 Å². The summed E-state index contributed by atoms with van der Waals surface area (Å²) in [7, 11) is -2.12. The van der Waals surface area contributed by atoms with Crippen molar-refractivity contribution in [3.05, 3.63) is 0 Å². The van der Waals surface area contributed by atoms with E-state index in [0.29, 0.717) is 12.8 Å². The number of hydrogen-bond acceptors (Lipinski definition) is 4. The molecular formula is C7H13NO5S. The van der Waals surface area contributed by atoms with Crippen LogP contribution in [0.5, 0.6) is 0 Å². The zero-order chi connectivity index (χ0) is 10.8. The van der Waals surface area contributed by atoms with E-state index < -0.39 is 21.7 Å². The van der Waals surface area contributed by atoms with Crippen molar-refractivity contribution < 1.29 is 23.1 Å². The Bertz CT molecular complexity index is 306. The summed E-state index contributed by atoms with van der Waals surface area (Å²) >= 11 is 0. The lowest BCUT2D eigenvalue weighted by Crippen LogP contribution is -2.48. The molecule has 0 bridgehead atoms. The molecule has 0 heterocycles. The number of sulfonamides is 1. The van der Waals surface area contributed by atoms with Crippen LogP contribution in [0.25, 0.3) is 0 Å². The number of carboxylic acid groups (broad SMARTS) is 1. The summed E-state index contributed by atoms with van der Waals surface area (Å²) in [6, 6.07) is -0.177. The smallest absolute Gasteiger partial charge is 0.320 e. The van der Waals surface area contributed by atoms with Gasteiger partial charge in [-0.2, -0.15) is 0 Å². The second-order valence-corrected chi connectivity index (χ2v) is 5.05. The molecule has 0 atom stereocenters. The largest absolute Gasteiger partial charge is 0.480 e. The molecule has 1 aliphatic carbocycles. The van der Waals surface area contributed by atoms with Gasteiger partial charge in [0.25, 0.3) is 0 Å². The van der Waals surface area contributed by atoms with Crippen LogP contribution in [0, 0.1) is 0 Å². The molecular weight excluding hydrogens is 210 g/mol. The Labute approximate surface area is 82.3 Å². The molecule has 1 fully saturated rings. The molecule has 0 aromatic heterocycles. The van der Waals surface area contributed by atoms with Crippen molar-refractivity contribution in [2.24, 2.45) is 0 Å². The highest BCUT2D eigenvalue weighted by Gasteiger charge is 2.32. The third-order valence-corrected chi connectivity index (χ3v) is 3.41. The number of carbonyl (C=O) groups is 1. The van der Waals surface area contributed by atoms with Gasteiger partial charge in [0.1, 0.15) is 0 Å². The van der Waals surface area contributed by atoms with Crippen LogP contribution in [0.15, 0.2) is 0 Å². The minimum absolute atomic E-state index is 0.0903. The topological polar surface area (TPSA) is 92.7 Å². The van der Waals surface area contributed by atoms with E-state index in [1.807, 2.05) is 0 Å². The predicted molar refractivity (Wildman–Crippen MR) is 48.4 cm³/mol. The van der Waals surface area contributed by atoms with E-state index in [0.717, 1.165) is 0 Å². The molecule has 6 nitrogen and oxygen atoms in total. The summed E-state index contributed by atoms with van der Waals surface area (Å²) in [5, 5.41) is 8.31. The van der Waals surface area contributed by atoms with Gasteiger partial charge in [-0.1, -0.05) is 0 Å². The molecule has 14 heavy (non-hydrogen) atoms. The Morgan fingerprint density at radius 3 is 2.57 bits per heavy atom. The Balaban J connectivity index is 2.35. The molecule has 1 aliphatic rings. The fourth-order valence-electron chi connectivity index (χ4n) is 1.31. The molecule has 0 unspecified atom stereocenters. The maximum atomic E-state index is 11.1. The van der Waals surface area contributed by atoms with E-state index in [1.165, 1.54) is 0 Å². The molecule has 0 amide bonds. The minimum Gasteiger partial charge on any atom is -0.480 e. The number of carboxylic acids is 1. The summed E-state index contributed by atoms with van der Waals surface area (Å²) < 4.78 is 29.5. The number of nitrogens with one attached hydrogen (secondary N) is 1. The fraction of sp³-hybridized carbons (Fsp3) is 0.857. The number of hydrogen-bond donors (Lipinski definition) is 2. The van der Waals surface area contributed by atoms with Crippen LogP contribution in [0.3, 0.4) is 0 Å². The molecule has 0 aromatic rings. The van der Waals surface area contributed by atoms with Gasteiger partial charge in [-0.15, -0.1) is 0 Å². The van der Waals surface area contributed by atoms with Crippen LogP contribution in [-0.4, -0.2) is 44.5 Å². The number of rotatable bonds is 5. The number of aliphatic carboxylic acids is 1. The monoisotopic (exact) mass is 223 g/mol. The molecule has 1 saturated carbocycles. The van der Waals surface area contributed by atoms with Crippen LogP contribution in [0.1, 0.15) is 12.8 Å². The second kappa shape index (κ2) is 4.24. The van der Waals surface area contributed by atoms with Crippen LogP contribution in [-0.2, 0) is 19.6 Å². The number of ether oxygens (including phenoxy) is 1. The normalized spacial score (nSPS) is 26.9. The average molecular weight is 223 g/mol. The van der Waals surface area contributed by atoms with E-state index in [4.69, 9.17) is 9.84 Å². The van der Waals surface area contributed by atoms with Crippen molar-refractivity contribution in [1.82, 2.24) is 4.72 Å². The fourth-order valence-corrected chi connectivity index (χ4v) is 2.42. The van der Waals surface area contributed by atoms with Crippen LogP contribution < -0.4 is 4.72 Å². The molecule has 0 spiro atoms. The summed E-state index contributed by atoms with van der Waals surface area (Å²) in [5.41, 5.74) is 0. The van der Waals surface area contributed by atoms with Gasteiger partial charge in [-0.25, -0.2) is 13.1 Å². The first-order valence-corrected chi connectivity index (χ1v) is 5.83. The van der Waals surface area contributed by atoms with E-state index in [9.17, 15) is 13.2 Å². The maximum Gasteiger partial charge on any atom is 0.320 e. The van der Waals surface area contributed by atoms with Gasteiger partial charge in [-0.05, 0) is 12.8 Å². The van der Waals surface area contributed by atoms with Gasteiger partial charge in [0.05, 0.1) is 6.10 Å². The number of methoxy groups -OCH3 is 1. The predicted octanol–water partition coefficient (Wildman–Crippen LogP) is -0.832. The van der Waals surface area contributed by atoms with Gasteiger partial charge in [-0.3, -0.25) is 4.79 Å². The van der Waals surface area contributed by atoms with Crippen LogP contribution in [0.2, 0.25) is 0 Å². The quantitative estimate of drug-likeness (QED) is 0.634. The first-order chi connectivity index (χ1) is 6.43. The average Bonchev–Trinajstić information content (AvgIpc) is 1.93. The molecule has 2 N–H and O–H groups in total. The third-order valence-electron chi connectivity index (χ3n) is 2.09. The standard InChI is InChI=1S/C7H13NO5S/c1-13-6-2-5(3-6)8-14(11,12)4-7(9)10/h5-6,8H,2-4H2,1H3,(H,9,10). The first-order valence-electron chi connectivity index (χ1n) is 4.17. The van der Waals surface area contributed by atoms with Crippen molar-refractivity contribution in [2.75, 3.05) is 12.9 Å². The van der Waals surface area contributed by atoms with Crippen LogP contribution >= 0.6 is 0 Å². The summed E-state index contributed by atoms with van der Waals surface area (Å²) in [5.74, 6) is -2.22. The highest BCUT2D eigenvalue weighted by atomic mass is 32.2. The second-order valence-electron chi connectivity index (χ2n) is 3.30. The van der Waals surface area contributed by atoms with E-state index in [-0.39, 0.29) is 12.1 Å². The Morgan fingerprint density at radius 2 is 2.14 bits per heavy atom. The third kappa shape index (κ3) is 3.24. The highest BCUT2D eigenvalue weighted by Crippen LogP contribution is 2.22. The Kier molecular flexibility index (Phi) is 3.46. The Hall–Kier alpha value is -0.660. The first kappa shape index (κ1) is 11.4. The van der Waals surface area contributed by atoms with Crippen molar-refractivity contribution in [3.8, 4) is 0 Å². The van der Waals surface area contributed by atoms with Gasteiger partial charge in [0.15, 0.2) is 5.75 Å². The minimum atomic E-state index is -3.68. The molecule has 0 saturated heterocycles. The Morgan fingerprint density at radius 1 is 1.57 bits per heavy atom. The molecule has 0 radical (unpaired) electrons. The molecule has 1 rings (SSSR count). The van der Waals surface area contributed by atoms with E-state index >= 15 is 0 Å². The molecule has 82 valence electrons. The summed E-state index contributed by atoms with van der Waals surface area (Å²) in [6.07, 6.45) is 1.30. The summed E-state index contributed by atoms with van der Waals surface area (Å²) in [4.78, 5) is 10.2. The lowest BCUT2D eigenvalue weighted by molar-refractivity contribution is -0.134. The van der Waals surface area contributed by atoms with E-state index in [2.05, 4.69) is 4.72 Å².